The fourth-order valence-electron chi connectivity index (χ4n) is 6.28. The molecule has 0 saturated carbocycles. The van der Waals surface area contributed by atoms with Crippen molar-refractivity contribution >= 4 is 20.0 Å². The first kappa shape index (κ1) is 30.2. The van der Waals surface area contributed by atoms with Crippen molar-refractivity contribution in [1.82, 2.24) is 0 Å². The summed E-state index contributed by atoms with van der Waals surface area (Å²) in [6, 6.07) is 42.3. The van der Waals surface area contributed by atoms with Crippen molar-refractivity contribution in [1.29, 1.82) is 0 Å². The minimum atomic E-state index is 0. The molecule has 2 aliphatic carbocycles. The van der Waals surface area contributed by atoms with Crippen LogP contribution in [-0.4, -0.2) is 0 Å². The molecule has 203 valence electrons. The molecule has 42 heavy (non-hydrogen) atoms. The SMILES string of the molecule is CC(C)=c1ccc2c(c1C1=C(c3cc(-c4ccccc4)cc(-c4ccccc4)c3)C=CC1)[C]([Zr+2])=c1ccccc1=2.[Cl-].[Cl-]. The molecule has 0 fully saturated rings. The van der Waals surface area contributed by atoms with Gasteiger partial charge in [-0.1, -0.05) is 0 Å². The summed E-state index contributed by atoms with van der Waals surface area (Å²) in [5.74, 6) is 0. The molecule has 0 heterocycles. The maximum absolute atomic E-state index is 2.38. The number of hydrogen-bond acceptors (Lipinski definition) is 0. The van der Waals surface area contributed by atoms with E-state index in [1.165, 1.54) is 105 Å². The second-order valence-electron chi connectivity index (χ2n) is 10.9. The van der Waals surface area contributed by atoms with Crippen LogP contribution in [0, 0.1) is 10.4 Å². The summed E-state index contributed by atoms with van der Waals surface area (Å²) < 4.78 is 1.47. The van der Waals surface area contributed by atoms with Crippen LogP contribution < -0.4 is 35.3 Å². The molecule has 7 rings (SSSR count). The Kier molecular flexibility index (Phi) is 9.05. The Morgan fingerprint density at radius 1 is 0.548 bits per heavy atom. The molecule has 0 spiro atoms. The molecule has 0 aliphatic heterocycles. The van der Waals surface area contributed by atoms with E-state index >= 15 is 0 Å². The van der Waals surface area contributed by atoms with Gasteiger partial charge in [0.15, 0.2) is 0 Å². The van der Waals surface area contributed by atoms with Crippen LogP contribution in [0.15, 0.2) is 127 Å². The van der Waals surface area contributed by atoms with Gasteiger partial charge in [-0.3, -0.25) is 0 Å². The van der Waals surface area contributed by atoms with E-state index in [2.05, 4.69) is 141 Å². The molecule has 0 saturated heterocycles. The molecule has 0 aromatic heterocycles. The Bertz CT molecular complexity index is 2030. The van der Waals surface area contributed by atoms with E-state index in [9.17, 15) is 0 Å². The van der Waals surface area contributed by atoms with E-state index in [-0.39, 0.29) is 24.8 Å². The van der Waals surface area contributed by atoms with E-state index in [0.717, 1.165) is 6.42 Å². The fourth-order valence-corrected chi connectivity index (χ4v) is 7.45. The Morgan fingerprint density at radius 2 is 1.10 bits per heavy atom. The summed E-state index contributed by atoms with van der Waals surface area (Å²) in [5, 5.41) is 5.51. The van der Waals surface area contributed by atoms with Crippen molar-refractivity contribution in [2.75, 3.05) is 0 Å². The number of fused-ring (bicyclic) bond motifs is 2. The Labute approximate surface area is 275 Å². The van der Waals surface area contributed by atoms with Gasteiger partial charge < -0.3 is 24.8 Å². The second-order valence-corrected chi connectivity index (χ2v) is 12.1. The van der Waals surface area contributed by atoms with Gasteiger partial charge in [-0.25, -0.2) is 0 Å². The molecule has 0 unspecified atom stereocenters. The van der Waals surface area contributed by atoms with Crippen molar-refractivity contribution in [2.45, 2.75) is 20.3 Å². The first-order chi connectivity index (χ1) is 19.6. The Hall–Kier alpha value is -3.22. The molecule has 0 atom stereocenters. The van der Waals surface area contributed by atoms with Crippen LogP contribution in [0.2, 0.25) is 0 Å². The van der Waals surface area contributed by atoms with E-state index in [4.69, 9.17) is 0 Å². The molecule has 3 heteroatoms. The fraction of sp³-hybridized carbons (Fsp3) is 0.0769. The first-order valence-electron chi connectivity index (χ1n) is 13.9. The third-order valence-electron chi connectivity index (χ3n) is 8.17. The molecule has 2 aliphatic rings. The normalized spacial score (nSPS) is 12.9. The Balaban J connectivity index is 0.00000176. The summed E-state index contributed by atoms with van der Waals surface area (Å²) in [6.45, 7) is 4.50. The standard InChI is InChI=1S/C39H29.2ClH.Zr/c1-26(2)33-20-21-36-34-17-10-9-16-29(34)25-38(36)39(33)37-19-11-18-35(37)32-23-30(27-12-5-3-6-13-27)22-31(24-32)28-14-7-4-8-15-28;;;/h3-18,20-24H,19H2,1-2H3;2*1H;/q;;;+2/p-2. The summed E-state index contributed by atoms with van der Waals surface area (Å²) in [7, 11) is 0. The second kappa shape index (κ2) is 12.6. The molecule has 0 N–H and O–H groups in total. The molecule has 5 aromatic carbocycles. The van der Waals surface area contributed by atoms with E-state index < -0.39 is 0 Å². The molecule has 0 amide bonds. The van der Waals surface area contributed by atoms with Gasteiger partial charge in [-0.15, -0.1) is 0 Å². The summed E-state index contributed by atoms with van der Waals surface area (Å²) in [4.78, 5) is 0. The average Bonchev–Trinajstić information content (AvgIpc) is 3.61. The summed E-state index contributed by atoms with van der Waals surface area (Å²) in [5.41, 5.74) is 13.3. The topological polar surface area (TPSA) is 0 Å². The van der Waals surface area contributed by atoms with E-state index in [1.807, 2.05) is 0 Å². The van der Waals surface area contributed by atoms with Crippen molar-refractivity contribution in [3.63, 3.8) is 0 Å². The summed E-state index contributed by atoms with van der Waals surface area (Å²) >= 11 is 1.46. The minimum absolute atomic E-state index is 0. The molecular weight excluding hydrogens is 631 g/mol. The predicted octanol–water partition coefficient (Wildman–Crippen LogP) is 2.39. The van der Waals surface area contributed by atoms with E-state index in [1.54, 1.807) is 0 Å². The van der Waals surface area contributed by atoms with Crippen molar-refractivity contribution in [3.05, 3.63) is 165 Å². The number of allylic oxidation sites excluding steroid dienone is 4. The molecule has 5 aromatic rings. The molecular formula is C39H29Cl2Zr. The maximum Gasteiger partial charge on any atom is -1.00 e. The van der Waals surface area contributed by atoms with Crippen LogP contribution in [0.25, 0.3) is 42.3 Å². The van der Waals surface area contributed by atoms with Crippen LogP contribution in [0.3, 0.4) is 0 Å². The number of hydrogen-bond donors (Lipinski definition) is 0. The third-order valence-corrected chi connectivity index (χ3v) is 9.45. The first-order valence-corrected chi connectivity index (χ1v) is 15.2. The summed E-state index contributed by atoms with van der Waals surface area (Å²) in [6.07, 6.45) is 5.65. The zero-order chi connectivity index (χ0) is 27.2. The van der Waals surface area contributed by atoms with Crippen LogP contribution in [0.5, 0.6) is 0 Å². The van der Waals surface area contributed by atoms with Gasteiger partial charge in [0, 0.05) is 0 Å². The number of benzene rings is 5. The average molecular weight is 660 g/mol. The van der Waals surface area contributed by atoms with Gasteiger partial charge in [0.2, 0.25) is 0 Å². The number of rotatable bonds is 4. The number of halogens is 2. The molecule has 0 nitrogen and oxygen atoms in total. The van der Waals surface area contributed by atoms with Crippen LogP contribution >= 0.6 is 0 Å². The van der Waals surface area contributed by atoms with Crippen molar-refractivity contribution in [3.8, 4) is 22.3 Å². The molecule has 0 radical (unpaired) electrons. The Morgan fingerprint density at radius 3 is 1.69 bits per heavy atom. The van der Waals surface area contributed by atoms with E-state index in [0.29, 0.717) is 0 Å². The zero-order valence-electron chi connectivity index (χ0n) is 23.6. The van der Waals surface area contributed by atoms with Crippen LogP contribution in [0.1, 0.15) is 37.0 Å². The zero-order valence-corrected chi connectivity index (χ0v) is 27.6. The van der Waals surface area contributed by atoms with Crippen molar-refractivity contribution < 1.29 is 49.5 Å². The van der Waals surface area contributed by atoms with Gasteiger partial charge in [0.05, 0.1) is 0 Å². The quantitative estimate of drug-likeness (QED) is 0.278. The van der Waals surface area contributed by atoms with Gasteiger partial charge in [-0.2, -0.15) is 0 Å². The van der Waals surface area contributed by atoms with Gasteiger partial charge in [-0.05, 0) is 0 Å². The predicted molar refractivity (Wildman–Crippen MR) is 165 cm³/mol. The van der Waals surface area contributed by atoms with Crippen LogP contribution in [0.4, 0.5) is 0 Å². The monoisotopic (exact) mass is 657 g/mol. The smallest absolute Gasteiger partial charge is 1.00 e. The molecule has 0 bridgehead atoms. The minimum Gasteiger partial charge on any atom is -1.00 e. The third kappa shape index (κ3) is 5.24. The van der Waals surface area contributed by atoms with Crippen molar-refractivity contribution in [2.24, 2.45) is 0 Å². The van der Waals surface area contributed by atoms with Gasteiger partial charge in [0.25, 0.3) is 0 Å². The van der Waals surface area contributed by atoms with Gasteiger partial charge in [0.1, 0.15) is 0 Å². The largest absolute Gasteiger partial charge is 1.00 e. The maximum atomic E-state index is 2.38. The van der Waals surface area contributed by atoms with Crippen LogP contribution in [-0.2, 0) is 24.7 Å². The van der Waals surface area contributed by atoms with Gasteiger partial charge >= 0.3 is 252 Å².